The number of fused-ring (bicyclic) bond motifs is 2. The molecule has 0 saturated heterocycles. The maximum Gasteiger partial charge on any atom is 0.266 e. The van der Waals surface area contributed by atoms with Gasteiger partial charge in [-0.3, -0.25) is 9.36 Å². The van der Waals surface area contributed by atoms with Crippen LogP contribution in [0, 0.1) is 3.57 Å². The van der Waals surface area contributed by atoms with Gasteiger partial charge >= 0.3 is 0 Å². The lowest BCUT2D eigenvalue weighted by Crippen LogP contribution is -2.22. The molecule has 4 aromatic carbocycles. The number of nitrogens with zero attached hydrogens (tertiary/aromatic N) is 2. The number of halogens is 1. The van der Waals surface area contributed by atoms with Crippen molar-refractivity contribution in [1.82, 2.24) is 9.55 Å². The molecule has 0 radical (unpaired) electrons. The van der Waals surface area contributed by atoms with Crippen molar-refractivity contribution in [2.75, 3.05) is 0 Å². The van der Waals surface area contributed by atoms with Crippen molar-refractivity contribution < 1.29 is 0 Å². The fourth-order valence-electron chi connectivity index (χ4n) is 3.66. The predicted octanol–water partition coefficient (Wildman–Crippen LogP) is 6.31. The third-order valence-electron chi connectivity index (χ3n) is 5.09. The van der Waals surface area contributed by atoms with Crippen LogP contribution in [0.15, 0.2) is 95.8 Å². The van der Waals surface area contributed by atoms with Crippen molar-refractivity contribution in [3.05, 3.63) is 116 Å². The molecule has 0 saturated carbocycles. The van der Waals surface area contributed by atoms with Crippen LogP contribution in [0.1, 0.15) is 11.4 Å². The van der Waals surface area contributed by atoms with E-state index in [1.54, 1.807) is 4.57 Å². The van der Waals surface area contributed by atoms with Gasteiger partial charge in [0.05, 0.1) is 16.6 Å². The molecule has 0 aliphatic carbocycles. The van der Waals surface area contributed by atoms with Crippen LogP contribution in [-0.4, -0.2) is 9.55 Å². The average molecular weight is 500 g/mol. The van der Waals surface area contributed by atoms with Gasteiger partial charge in [0.1, 0.15) is 5.82 Å². The fraction of sp³-hybridized carbons (Fsp3) is 0. The Morgan fingerprint density at radius 1 is 0.767 bits per heavy atom. The molecule has 144 valence electrons. The number of rotatable bonds is 3. The molecule has 0 unspecified atom stereocenters. The van der Waals surface area contributed by atoms with E-state index in [0.29, 0.717) is 16.7 Å². The van der Waals surface area contributed by atoms with Crippen molar-refractivity contribution in [2.45, 2.75) is 0 Å². The fourth-order valence-corrected chi connectivity index (χ4v) is 4.15. The van der Waals surface area contributed by atoms with Gasteiger partial charge in [0.25, 0.3) is 5.56 Å². The summed E-state index contributed by atoms with van der Waals surface area (Å²) >= 11 is 2.23. The Bertz CT molecular complexity index is 1460. The Morgan fingerprint density at radius 2 is 1.53 bits per heavy atom. The topological polar surface area (TPSA) is 34.9 Å². The van der Waals surface area contributed by atoms with Crippen molar-refractivity contribution in [3.63, 3.8) is 0 Å². The van der Waals surface area contributed by atoms with Crippen LogP contribution >= 0.6 is 22.6 Å². The highest BCUT2D eigenvalue weighted by Crippen LogP contribution is 2.24. The summed E-state index contributed by atoms with van der Waals surface area (Å²) < 4.78 is 2.73. The van der Waals surface area contributed by atoms with E-state index >= 15 is 0 Å². The molecule has 1 aromatic heterocycles. The number of aromatic nitrogens is 2. The van der Waals surface area contributed by atoms with E-state index in [9.17, 15) is 4.79 Å². The van der Waals surface area contributed by atoms with Gasteiger partial charge < -0.3 is 0 Å². The SMILES string of the molecule is O=c1c2cc(I)ccc2nc(/C=C/c2ccccc2)n1-c1cccc2ccccc12. The minimum Gasteiger partial charge on any atom is -0.268 e. The molecule has 5 rings (SSSR count). The van der Waals surface area contributed by atoms with E-state index in [1.807, 2.05) is 91.0 Å². The van der Waals surface area contributed by atoms with E-state index < -0.39 is 0 Å². The minimum atomic E-state index is -0.0671. The Balaban J connectivity index is 1.83. The van der Waals surface area contributed by atoms with Crippen LogP contribution in [-0.2, 0) is 0 Å². The lowest BCUT2D eigenvalue weighted by molar-refractivity contribution is 0.951. The van der Waals surface area contributed by atoms with Crippen molar-refractivity contribution in [2.24, 2.45) is 0 Å². The maximum absolute atomic E-state index is 13.6. The second-order valence-electron chi connectivity index (χ2n) is 7.01. The Morgan fingerprint density at radius 3 is 2.40 bits per heavy atom. The zero-order chi connectivity index (χ0) is 20.5. The molecule has 5 aromatic rings. The Hall–Kier alpha value is -3.25. The van der Waals surface area contributed by atoms with E-state index in [-0.39, 0.29) is 5.56 Å². The smallest absolute Gasteiger partial charge is 0.266 e. The summed E-state index contributed by atoms with van der Waals surface area (Å²) in [5.41, 5.74) is 2.52. The summed E-state index contributed by atoms with van der Waals surface area (Å²) in [5.74, 6) is 0.605. The predicted molar refractivity (Wildman–Crippen MR) is 133 cm³/mol. The van der Waals surface area contributed by atoms with E-state index in [4.69, 9.17) is 4.98 Å². The molecule has 0 amide bonds. The lowest BCUT2D eigenvalue weighted by atomic mass is 10.1. The summed E-state index contributed by atoms with van der Waals surface area (Å²) in [6.07, 6.45) is 3.90. The number of hydrogen-bond acceptors (Lipinski definition) is 2. The van der Waals surface area contributed by atoms with Crippen LogP contribution in [0.3, 0.4) is 0 Å². The van der Waals surface area contributed by atoms with E-state index in [2.05, 4.69) is 34.7 Å². The molecular formula is C26H17IN2O. The molecule has 1 heterocycles. The van der Waals surface area contributed by atoms with Gasteiger partial charge in [-0.1, -0.05) is 72.8 Å². The van der Waals surface area contributed by atoms with Crippen LogP contribution in [0.4, 0.5) is 0 Å². The minimum absolute atomic E-state index is 0.0671. The zero-order valence-electron chi connectivity index (χ0n) is 16.0. The van der Waals surface area contributed by atoms with Crippen LogP contribution in [0.2, 0.25) is 0 Å². The molecule has 0 bridgehead atoms. The first-order chi connectivity index (χ1) is 14.7. The number of benzene rings is 4. The van der Waals surface area contributed by atoms with E-state index in [0.717, 1.165) is 25.6 Å². The maximum atomic E-state index is 13.6. The highest BCUT2D eigenvalue weighted by atomic mass is 127. The first kappa shape index (κ1) is 18.8. The van der Waals surface area contributed by atoms with Gasteiger partial charge in [-0.2, -0.15) is 0 Å². The molecule has 0 fully saturated rings. The van der Waals surface area contributed by atoms with Gasteiger partial charge in [-0.15, -0.1) is 0 Å². The molecular weight excluding hydrogens is 483 g/mol. The first-order valence-electron chi connectivity index (χ1n) is 9.64. The van der Waals surface area contributed by atoms with Gasteiger partial charge in [-0.05, 0) is 63.9 Å². The Kier molecular flexibility index (Phi) is 4.93. The highest BCUT2D eigenvalue weighted by Gasteiger charge is 2.13. The van der Waals surface area contributed by atoms with Gasteiger partial charge in [-0.25, -0.2) is 4.98 Å². The highest BCUT2D eigenvalue weighted by molar-refractivity contribution is 14.1. The molecule has 0 spiro atoms. The largest absolute Gasteiger partial charge is 0.268 e. The standard InChI is InChI=1S/C26H17IN2O/c27-20-14-15-23-22(17-20)26(30)29(24-12-6-10-19-9-4-5-11-21(19)24)25(28-23)16-13-18-7-2-1-3-8-18/h1-17H/b16-13+. The average Bonchev–Trinajstić information content (AvgIpc) is 2.79. The van der Waals surface area contributed by atoms with Crippen molar-refractivity contribution in [3.8, 4) is 5.69 Å². The van der Waals surface area contributed by atoms with Crippen LogP contribution in [0.5, 0.6) is 0 Å². The Labute approximate surface area is 187 Å². The van der Waals surface area contributed by atoms with Gasteiger partial charge in [0, 0.05) is 8.96 Å². The molecule has 30 heavy (non-hydrogen) atoms. The second kappa shape index (κ2) is 7.88. The monoisotopic (exact) mass is 500 g/mol. The van der Waals surface area contributed by atoms with Gasteiger partial charge in [0.2, 0.25) is 0 Å². The van der Waals surface area contributed by atoms with Gasteiger partial charge in [0.15, 0.2) is 0 Å². The summed E-state index contributed by atoms with van der Waals surface area (Å²) in [6.45, 7) is 0. The molecule has 0 aliphatic rings. The molecule has 4 heteroatoms. The molecule has 3 nitrogen and oxygen atoms in total. The lowest BCUT2D eigenvalue weighted by Gasteiger charge is -2.14. The van der Waals surface area contributed by atoms with Crippen molar-refractivity contribution >= 4 is 56.4 Å². The number of hydrogen-bond donors (Lipinski definition) is 0. The van der Waals surface area contributed by atoms with E-state index in [1.165, 1.54) is 0 Å². The van der Waals surface area contributed by atoms with Crippen LogP contribution < -0.4 is 5.56 Å². The summed E-state index contributed by atoms with van der Waals surface area (Å²) in [7, 11) is 0. The molecule has 0 N–H and O–H groups in total. The normalized spacial score (nSPS) is 11.5. The quantitative estimate of drug-likeness (QED) is 0.272. The second-order valence-corrected chi connectivity index (χ2v) is 8.26. The summed E-state index contributed by atoms with van der Waals surface area (Å²) in [5, 5.41) is 2.72. The first-order valence-corrected chi connectivity index (χ1v) is 10.7. The molecule has 0 aliphatic heterocycles. The van der Waals surface area contributed by atoms with Crippen molar-refractivity contribution in [1.29, 1.82) is 0 Å². The summed E-state index contributed by atoms with van der Waals surface area (Å²) in [6, 6.07) is 29.9. The summed E-state index contributed by atoms with van der Waals surface area (Å²) in [4.78, 5) is 18.5. The zero-order valence-corrected chi connectivity index (χ0v) is 18.2. The third-order valence-corrected chi connectivity index (χ3v) is 5.76. The van der Waals surface area contributed by atoms with Crippen LogP contribution in [0.25, 0.3) is 39.5 Å². The molecule has 0 atom stereocenters. The third kappa shape index (κ3) is 3.44.